The fraction of sp³-hybridized carbons (Fsp3) is 0.364. The standard InChI is InChI=1S/C11H15N3O/c1-8(7-15-2)13-10-4-3-5-11-9(10)6-12-14-11/h3-6,8,13H,7H2,1-2H3,(H,12,14). The zero-order valence-corrected chi connectivity index (χ0v) is 8.95. The molecule has 1 aromatic heterocycles. The molecule has 0 aliphatic rings. The molecule has 4 nitrogen and oxygen atoms in total. The van der Waals surface area contributed by atoms with Crippen molar-refractivity contribution in [2.45, 2.75) is 13.0 Å². The number of ether oxygens (including phenoxy) is 1. The number of fused-ring (bicyclic) bond motifs is 1. The highest BCUT2D eigenvalue weighted by atomic mass is 16.5. The van der Waals surface area contributed by atoms with Crippen molar-refractivity contribution in [1.82, 2.24) is 10.2 Å². The van der Waals surface area contributed by atoms with Crippen LogP contribution in [0.15, 0.2) is 24.4 Å². The van der Waals surface area contributed by atoms with E-state index in [1.165, 1.54) is 0 Å². The van der Waals surface area contributed by atoms with Crippen LogP contribution in [-0.2, 0) is 4.74 Å². The highest BCUT2D eigenvalue weighted by Gasteiger charge is 2.05. The number of hydrogen-bond donors (Lipinski definition) is 2. The molecule has 1 unspecified atom stereocenters. The zero-order chi connectivity index (χ0) is 10.7. The van der Waals surface area contributed by atoms with Gasteiger partial charge in [-0.1, -0.05) is 6.07 Å². The van der Waals surface area contributed by atoms with E-state index >= 15 is 0 Å². The molecule has 0 saturated heterocycles. The second-order valence-electron chi connectivity index (χ2n) is 3.64. The van der Waals surface area contributed by atoms with Gasteiger partial charge in [-0.15, -0.1) is 0 Å². The summed E-state index contributed by atoms with van der Waals surface area (Å²) in [5.74, 6) is 0. The fourth-order valence-electron chi connectivity index (χ4n) is 1.65. The van der Waals surface area contributed by atoms with Crippen LogP contribution in [0, 0.1) is 0 Å². The Hall–Kier alpha value is -1.55. The first-order valence-electron chi connectivity index (χ1n) is 4.99. The third-order valence-corrected chi connectivity index (χ3v) is 2.30. The lowest BCUT2D eigenvalue weighted by atomic mass is 10.2. The Morgan fingerprint density at radius 3 is 3.20 bits per heavy atom. The van der Waals surface area contributed by atoms with Crippen molar-refractivity contribution in [3.05, 3.63) is 24.4 Å². The van der Waals surface area contributed by atoms with Crippen LogP contribution < -0.4 is 5.32 Å². The highest BCUT2D eigenvalue weighted by molar-refractivity contribution is 5.90. The summed E-state index contributed by atoms with van der Waals surface area (Å²) >= 11 is 0. The summed E-state index contributed by atoms with van der Waals surface area (Å²) in [4.78, 5) is 0. The van der Waals surface area contributed by atoms with Gasteiger partial charge in [-0.2, -0.15) is 5.10 Å². The number of nitrogens with zero attached hydrogens (tertiary/aromatic N) is 1. The highest BCUT2D eigenvalue weighted by Crippen LogP contribution is 2.21. The Morgan fingerprint density at radius 1 is 1.53 bits per heavy atom. The summed E-state index contributed by atoms with van der Waals surface area (Å²) in [6.45, 7) is 2.77. The van der Waals surface area contributed by atoms with Gasteiger partial charge in [0.1, 0.15) is 0 Å². The molecule has 0 spiro atoms. The third-order valence-electron chi connectivity index (χ3n) is 2.30. The summed E-state index contributed by atoms with van der Waals surface area (Å²) in [5, 5.41) is 11.5. The van der Waals surface area contributed by atoms with Crippen molar-refractivity contribution in [3.8, 4) is 0 Å². The number of methoxy groups -OCH3 is 1. The van der Waals surface area contributed by atoms with Crippen LogP contribution in [0.3, 0.4) is 0 Å². The Labute approximate surface area is 88.6 Å². The second-order valence-corrected chi connectivity index (χ2v) is 3.64. The SMILES string of the molecule is COCC(C)Nc1cccc2[nH]ncc12. The first kappa shape index (κ1) is 9.98. The molecule has 1 aromatic carbocycles. The number of H-pyrrole nitrogens is 1. The van der Waals surface area contributed by atoms with Gasteiger partial charge < -0.3 is 10.1 Å². The summed E-state index contributed by atoms with van der Waals surface area (Å²) in [7, 11) is 1.70. The van der Waals surface area contributed by atoms with E-state index < -0.39 is 0 Å². The Kier molecular flexibility index (Phi) is 2.87. The molecule has 1 heterocycles. The van der Waals surface area contributed by atoms with E-state index in [-0.39, 0.29) is 6.04 Å². The van der Waals surface area contributed by atoms with Crippen LogP contribution in [0.2, 0.25) is 0 Å². The van der Waals surface area contributed by atoms with E-state index in [1.807, 2.05) is 24.4 Å². The van der Waals surface area contributed by atoms with Gasteiger partial charge in [0.25, 0.3) is 0 Å². The van der Waals surface area contributed by atoms with E-state index in [4.69, 9.17) is 4.74 Å². The quantitative estimate of drug-likeness (QED) is 0.802. The molecule has 0 bridgehead atoms. The number of aromatic amines is 1. The molecule has 2 N–H and O–H groups in total. The van der Waals surface area contributed by atoms with Crippen molar-refractivity contribution in [3.63, 3.8) is 0 Å². The zero-order valence-electron chi connectivity index (χ0n) is 8.95. The average molecular weight is 205 g/mol. The Morgan fingerprint density at radius 2 is 2.40 bits per heavy atom. The van der Waals surface area contributed by atoms with Gasteiger partial charge in [-0.25, -0.2) is 0 Å². The molecule has 15 heavy (non-hydrogen) atoms. The van der Waals surface area contributed by atoms with Gasteiger partial charge in [0.15, 0.2) is 0 Å². The number of rotatable bonds is 4. The summed E-state index contributed by atoms with van der Waals surface area (Å²) in [6.07, 6.45) is 1.83. The van der Waals surface area contributed by atoms with E-state index in [2.05, 4.69) is 22.4 Å². The monoisotopic (exact) mass is 205 g/mol. The van der Waals surface area contributed by atoms with Gasteiger partial charge in [-0.3, -0.25) is 5.10 Å². The molecule has 4 heteroatoms. The maximum absolute atomic E-state index is 5.08. The van der Waals surface area contributed by atoms with E-state index in [0.29, 0.717) is 6.61 Å². The molecular formula is C11H15N3O. The molecule has 2 aromatic rings. The molecule has 0 amide bonds. The van der Waals surface area contributed by atoms with Crippen LogP contribution in [0.4, 0.5) is 5.69 Å². The molecule has 0 aliphatic carbocycles. The topological polar surface area (TPSA) is 49.9 Å². The lowest BCUT2D eigenvalue weighted by Gasteiger charge is -2.14. The summed E-state index contributed by atoms with van der Waals surface area (Å²) in [6, 6.07) is 6.34. The van der Waals surface area contributed by atoms with Crippen LogP contribution >= 0.6 is 0 Å². The third kappa shape index (κ3) is 2.10. The predicted octanol–water partition coefficient (Wildman–Crippen LogP) is 2.01. The second kappa shape index (κ2) is 4.31. The van der Waals surface area contributed by atoms with Gasteiger partial charge in [0.2, 0.25) is 0 Å². The molecule has 80 valence electrons. The number of aromatic nitrogens is 2. The summed E-state index contributed by atoms with van der Waals surface area (Å²) < 4.78 is 5.08. The minimum atomic E-state index is 0.288. The van der Waals surface area contributed by atoms with Crippen molar-refractivity contribution in [2.75, 3.05) is 19.0 Å². The van der Waals surface area contributed by atoms with Crippen LogP contribution in [0.1, 0.15) is 6.92 Å². The number of nitrogens with one attached hydrogen (secondary N) is 2. The largest absolute Gasteiger partial charge is 0.383 e. The maximum atomic E-state index is 5.08. The molecule has 0 aliphatic heterocycles. The minimum Gasteiger partial charge on any atom is -0.383 e. The molecular weight excluding hydrogens is 190 g/mol. The van der Waals surface area contributed by atoms with E-state index in [0.717, 1.165) is 16.6 Å². The molecule has 0 fully saturated rings. The predicted molar refractivity (Wildman–Crippen MR) is 61.1 cm³/mol. The maximum Gasteiger partial charge on any atom is 0.0671 e. The smallest absolute Gasteiger partial charge is 0.0671 e. The first-order valence-corrected chi connectivity index (χ1v) is 4.99. The first-order chi connectivity index (χ1) is 7.31. The minimum absolute atomic E-state index is 0.288. The lowest BCUT2D eigenvalue weighted by molar-refractivity contribution is 0.190. The van der Waals surface area contributed by atoms with Gasteiger partial charge in [-0.05, 0) is 19.1 Å². The van der Waals surface area contributed by atoms with Crippen LogP contribution in [-0.4, -0.2) is 30.0 Å². The van der Waals surface area contributed by atoms with E-state index in [1.54, 1.807) is 7.11 Å². The average Bonchev–Trinajstić information content (AvgIpc) is 2.67. The molecule has 0 radical (unpaired) electrons. The van der Waals surface area contributed by atoms with Gasteiger partial charge in [0.05, 0.1) is 18.3 Å². The molecule has 1 atom stereocenters. The van der Waals surface area contributed by atoms with Gasteiger partial charge >= 0.3 is 0 Å². The van der Waals surface area contributed by atoms with Crippen LogP contribution in [0.5, 0.6) is 0 Å². The number of anilines is 1. The fourth-order valence-corrected chi connectivity index (χ4v) is 1.65. The number of hydrogen-bond acceptors (Lipinski definition) is 3. The summed E-state index contributed by atoms with van der Waals surface area (Å²) in [5.41, 5.74) is 2.13. The Bertz CT molecular complexity index is 438. The Balaban J connectivity index is 2.23. The molecule has 0 saturated carbocycles. The normalized spacial score (nSPS) is 12.9. The van der Waals surface area contributed by atoms with Crippen molar-refractivity contribution in [2.24, 2.45) is 0 Å². The van der Waals surface area contributed by atoms with Crippen molar-refractivity contribution >= 4 is 16.6 Å². The number of benzene rings is 1. The van der Waals surface area contributed by atoms with E-state index in [9.17, 15) is 0 Å². The molecule has 2 rings (SSSR count). The van der Waals surface area contributed by atoms with Gasteiger partial charge in [0, 0.05) is 24.2 Å². The van der Waals surface area contributed by atoms with Crippen molar-refractivity contribution < 1.29 is 4.74 Å². The van der Waals surface area contributed by atoms with Crippen molar-refractivity contribution in [1.29, 1.82) is 0 Å². The van der Waals surface area contributed by atoms with Crippen LogP contribution in [0.25, 0.3) is 10.9 Å². The lowest BCUT2D eigenvalue weighted by Crippen LogP contribution is -2.20.